The monoisotopic (exact) mass is 360 g/mol. The molecule has 6 heteroatoms. The Labute approximate surface area is 156 Å². The van der Waals surface area contributed by atoms with E-state index in [1.165, 1.54) is 0 Å². The van der Waals surface area contributed by atoms with Crippen molar-refractivity contribution in [3.63, 3.8) is 0 Å². The highest BCUT2D eigenvalue weighted by Crippen LogP contribution is 2.29. The van der Waals surface area contributed by atoms with E-state index in [1.54, 1.807) is 0 Å². The Bertz CT molecular complexity index is 653. The Morgan fingerprint density at radius 1 is 1.27 bits per heavy atom. The lowest BCUT2D eigenvalue weighted by molar-refractivity contribution is -0.137. The van der Waals surface area contributed by atoms with Crippen LogP contribution >= 0.6 is 0 Å². The van der Waals surface area contributed by atoms with Crippen molar-refractivity contribution >= 4 is 11.8 Å². The van der Waals surface area contributed by atoms with Crippen LogP contribution < -0.4 is 0 Å². The zero-order valence-corrected chi connectivity index (χ0v) is 16.6. The van der Waals surface area contributed by atoms with Gasteiger partial charge in [0.05, 0.1) is 5.92 Å². The number of amides is 2. The zero-order valence-electron chi connectivity index (χ0n) is 16.6. The van der Waals surface area contributed by atoms with Crippen LogP contribution in [-0.4, -0.2) is 56.3 Å². The molecule has 2 amide bonds. The number of aryl methyl sites for hydroxylation is 2. The maximum Gasteiger partial charge on any atom is 0.227 e. The Morgan fingerprint density at radius 3 is 2.50 bits per heavy atom. The van der Waals surface area contributed by atoms with Crippen molar-refractivity contribution in [1.29, 1.82) is 0 Å². The number of hydrogen-bond donors (Lipinski definition) is 0. The second-order valence-electron chi connectivity index (χ2n) is 8.80. The topological polar surface area (TPSA) is 58.4 Å². The zero-order chi connectivity index (χ0) is 18.9. The van der Waals surface area contributed by atoms with Crippen molar-refractivity contribution in [2.75, 3.05) is 19.6 Å². The Morgan fingerprint density at radius 2 is 1.96 bits per heavy atom. The Balaban J connectivity index is 1.47. The summed E-state index contributed by atoms with van der Waals surface area (Å²) in [6.45, 7) is 11.4. The minimum atomic E-state index is -0.204. The van der Waals surface area contributed by atoms with Gasteiger partial charge in [-0.2, -0.15) is 0 Å². The first-order chi connectivity index (χ1) is 12.3. The van der Waals surface area contributed by atoms with Gasteiger partial charge in [-0.25, -0.2) is 4.98 Å². The van der Waals surface area contributed by atoms with E-state index in [0.29, 0.717) is 18.9 Å². The molecule has 0 aromatic carbocycles. The van der Waals surface area contributed by atoms with Crippen LogP contribution in [-0.2, 0) is 16.1 Å². The van der Waals surface area contributed by atoms with Crippen molar-refractivity contribution in [3.05, 3.63) is 18.2 Å². The molecule has 2 fully saturated rings. The van der Waals surface area contributed by atoms with Crippen molar-refractivity contribution in [3.8, 4) is 0 Å². The minimum Gasteiger partial charge on any atom is -0.342 e. The largest absolute Gasteiger partial charge is 0.342 e. The molecule has 1 aromatic rings. The maximum absolute atomic E-state index is 12.8. The lowest BCUT2D eigenvalue weighted by atomic mass is 9.92. The Kier molecular flexibility index (Phi) is 5.39. The second-order valence-corrected chi connectivity index (χ2v) is 8.80. The van der Waals surface area contributed by atoms with Crippen molar-refractivity contribution in [1.82, 2.24) is 19.4 Å². The van der Waals surface area contributed by atoms with Crippen LogP contribution in [0.3, 0.4) is 0 Å². The smallest absolute Gasteiger partial charge is 0.227 e. The van der Waals surface area contributed by atoms with Gasteiger partial charge in [0.2, 0.25) is 11.8 Å². The van der Waals surface area contributed by atoms with Gasteiger partial charge in [0.1, 0.15) is 5.82 Å². The molecule has 2 aliphatic heterocycles. The standard InChI is InChI=1S/C20H32N4O2/c1-15-21-8-12-22(15)9-5-16-6-10-23(11-7-16)19(26)17-13-18(25)24(14-17)20(2,3)4/h8,12,16-17H,5-7,9-11,13-14H2,1-4H3/t17-/m1/s1. The van der Waals surface area contributed by atoms with E-state index in [9.17, 15) is 9.59 Å². The number of piperidine rings is 1. The number of imidazole rings is 1. The maximum atomic E-state index is 12.8. The van der Waals surface area contributed by atoms with Gasteiger partial charge in [0, 0.05) is 50.5 Å². The SMILES string of the molecule is Cc1nccn1CCC1CCN(C(=O)[C@@H]2CC(=O)N(C(C)(C)C)C2)CC1. The molecule has 0 spiro atoms. The summed E-state index contributed by atoms with van der Waals surface area (Å²) in [5, 5.41) is 0. The van der Waals surface area contributed by atoms with E-state index in [0.717, 1.165) is 44.7 Å². The number of carbonyl (C=O) groups excluding carboxylic acids is 2. The first-order valence-electron chi connectivity index (χ1n) is 9.82. The summed E-state index contributed by atoms with van der Waals surface area (Å²) in [4.78, 5) is 33.2. The molecule has 0 saturated carbocycles. The van der Waals surface area contributed by atoms with E-state index in [4.69, 9.17) is 0 Å². The van der Waals surface area contributed by atoms with Gasteiger partial charge in [0.25, 0.3) is 0 Å². The summed E-state index contributed by atoms with van der Waals surface area (Å²) in [7, 11) is 0. The summed E-state index contributed by atoms with van der Waals surface area (Å²) in [6, 6.07) is 0. The van der Waals surface area contributed by atoms with Gasteiger partial charge in [-0.1, -0.05) is 0 Å². The first kappa shape index (κ1) is 18.9. The predicted octanol–water partition coefficient (Wildman–Crippen LogP) is 2.47. The molecule has 144 valence electrons. The van der Waals surface area contributed by atoms with Gasteiger partial charge >= 0.3 is 0 Å². The summed E-state index contributed by atoms with van der Waals surface area (Å²) >= 11 is 0. The molecule has 3 heterocycles. The predicted molar refractivity (Wildman–Crippen MR) is 100 cm³/mol. The fraction of sp³-hybridized carbons (Fsp3) is 0.750. The third kappa shape index (κ3) is 4.10. The molecule has 0 bridgehead atoms. The number of nitrogens with zero attached hydrogens (tertiary/aromatic N) is 4. The molecule has 1 aromatic heterocycles. The van der Waals surface area contributed by atoms with Gasteiger partial charge in [-0.05, 0) is 52.9 Å². The molecule has 6 nitrogen and oxygen atoms in total. The Hall–Kier alpha value is -1.85. The second kappa shape index (κ2) is 7.41. The molecular weight excluding hydrogens is 328 g/mol. The summed E-state index contributed by atoms with van der Waals surface area (Å²) in [5.74, 6) is 1.85. The van der Waals surface area contributed by atoms with Gasteiger partial charge < -0.3 is 14.4 Å². The highest BCUT2D eigenvalue weighted by atomic mass is 16.2. The summed E-state index contributed by atoms with van der Waals surface area (Å²) < 4.78 is 2.20. The van der Waals surface area contributed by atoms with E-state index >= 15 is 0 Å². The van der Waals surface area contributed by atoms with E-state index < -0.39 is 0 Å². The fourth-order valence-electron chi connectivity index (χ4n) is 4.18. The number of aromatic nitrogens is 2. The average molecular weight is 361 g/mol. The van der Waals surface area contributed by atoms with Gasteiger partial charge in [-0.3, -0.25) is 9.59 Å². The van der Waals surface area contributed by atoms with Crippen molar-refractivity contribution in [2.24, 2.45) is 11.8 Å². The number of carbonyl (C=O) groups is 2. The van der Waals surface area contributed by atoms with Crippen LogP contribution in [0.5, 0.6) is 0 Å². The van der Waals surface area contributed by atoms with E-state index in [2.05, 4.69) is 9.55 Å². The molecule has 0 N–H and O–H groups in total. The average Bonchev–Trinajstić information content (AvgIpc) is 3.18. The van der Waals surface area contributed by atoms with Crippen LogP contribution in [0.15, 0.2) is 12.4 Å². The molecule has 2 aliphatic rings. The van der Waals surface area contributed by atoms with E-state index in [1.807, 2.05) is 49.9 Å². The normalized spacial score (nSPS) is 22.3. The molecule has 2 saturated heterocycles. The minimum absolute atomic E-state index is 0.112. The van der Waals surface area contributed by atoms with Gasteiger partial charge in [0.15, 0.2) is 0 Å². The van der Waals surface area contributed by atoms with Crippen molar-refractivity contribution in [2.45, 2.75) is 65.5 Å². The molecule has 3 rings (SSSR count). The first-order valence-corrected chi connectivity index (χ1v) is 9.82. The number of hydrogen-bond acceptors (Lipinski definition) is 3. The lowest BCUT2D eigenvalue weighted by Gasteiger charge is -2.35. The quantitative estimate of drug-likeness (QED) is 0.829. The lowest BCUT2D eigenvalue weighted by Crippen LogP contribution is -2.45. The fourth-order valence-corrected chi connectivity index (χ4v) is 4.18. The molecule has 0 unspecified atom stereocenters. The molecule has 26 heavy (non-hydrogen) atoms. The van der Waals surface area contributed by atoms with Crippen LogP contribution in [0.25, 0.3) is 0 Å². The highest BCUT2D eigenvalue weighted by Gasteiger charge is 2.41. The summed E-state index contributed by atoms with van der Waals surface area (Å²) in [5.41, 5.74) is -0.204. The molecule has 1 atom stereocenters. The molecule has 0 radical (unpaired) electrons. The number of rotatable bonds is 4. The van der Waals surface area contributed by atoms with Crippen molar-refractivity contribution < 1.29 is 9.59 Å². The molecular formula is C20H32N4O2. The van der Waals surface area contributed by atoms with Crippen LogP contribution in [0, 0.1) is 18.8 Å². The highest BCUT2D eigenvalue weighted by molar-refractivity contribution is 5.89. The summed E-state index contributed by atoms with van der Waals surface area (Å²) in [6.07, 6.45) is 7.51. The third-order valence-electron chi connectivity index (χ3n) is 5.91. The van der Waals surface area contributed by atoms with Gasteiger partial charge in [-0.15, -0.1) is 0 Å². The van der Waals surface area contributed by atoms with Crippen LogP contribution in [0.4, 0.5) is 0 Å². The van der Waals surface area contributed by atoms with Crippen LogP contribution in [0.2, 0.25) is 0 Å². The molecule has 0 aliphatic carbocycles. The van der Waals surface area contributed by atoms with Crippen LogP contribution in [0.1, 0.15) is 52.3 Å². The third-order valence-corrected chi connectivity index (χ3v) is 5.91. The van der Waals surface area contributed by atoms with E-state index in [-0.39, 0.29) is 23.3 Å². The number of likely N-dealkylation sites (tertiary alicyclic amines) is 2.